The maximum absolute atomic E-state index is 13.9. The van der Waals surface area contributed by atoms with Crippen LogP contribution in [-0.4, -0.2) is 61.5 Å². The molecule has 1 atom stereocenters. The zero-order chi connectivity index (χ0) is 24.3. The van der Waals surface area contributed by atoms with E-state index in [0.717, 1.165) is 19.4 Å². The number of pyridine rings is 1. The first-order valence-electron chi connectivity index (χ1n) is 10.7. The molecule has 0 aromatic carbocycles. The SMILES string of the molecule is Nc1ncc2c(F)cc(-c3ccc(C4(C(F)F)CC4)cn3)n2n1.OP(O)COC1CCCOC1. The Hall–Kier alpha value is -2.37. The second-order valence-corrected chi connectivity index (χ2v) is 9.19. The Balaban J connectivity index is 0.000000210. The number of alkyl halides is 2. The van der Waals surface area contributed by atoms with Crippen molar-refractivity contribution >= 4 is 19.8 Å². The molecule has 34 heavy (non-hydrogen) atoms. The number of fused-ring (bicyclic) bond motifs is 1. The van der Waals surface area contributed by atoms with E-state index in [4.69, 9.17) is 25.0 Å². The molecule has 184 valence electrons. The summed E-state index contributed by atoms with van der Waals surface area (Å²) in [5.74, 6) is -0.502. The number of hydrogen-bond donors (Lipinski definition) is 3. The molecule has 3 aromatic rings. The molecular formula is C21H25F3N5O4P. The molecule has 3 aromatic heterocycles. The smallest absolute Gasteiger partial charge is 0.248 e. The van der Waals surface area contributed by atoms with Crippen molar-refractivity contribution in [3.8, 4) is 11.4 Å². The van der Waals surface area contributed by atoms with Crippen molar-refractivity contribution in [1.29, 1.82) is 0 Å². The summed E-state index contributed by atoms with van der Waals surface area (Å²) in [6, 6.07) is 4.48. The number of ether oxygens (including phenoxy) is 2. The van der Waals surface area contributed by atoms with Crippen LogP contribution in [0.2, 0.25) is 0 Å². The number of rotatable bonds is 6. The van der Waals surface area contributed by atoms with E-state index in [1.807, 2.05) is 0 Å². The van der Waals surface area contributed by atoms with Crippen molar-refractivity contribution in [3.63, 3.8) is 0 Å². The van der Waals surface area contributed by atoms with Gasteiger partial charge in [0.1, 0.15) is 11.9 Å². The molecule has 0 radical (unpaired) electrons. The lowest BCUT2D eigenvalue weighted by molar-refractivity contribution is -0.0374. The molecule has 5 rings (SSSR count). The van der Waals surface area contributed by atoms with Crippen molar-refractivity contribution in [1.82, 2.24) is 19.6 Å². The highest BCUT2D eigenvalue weighted by atomic mass is 31.2. The summed E-state index contributed by atoms with van der Waals surface area (Å²) >= 11 is 0. The monoisotopic (exact) mass is 499 g/mol. The molecule has 2 aliphatic rings. The number of halogens is 3. The van der Waals surface area contributed by atoms with E-state index in [-0.39, 0.29) is 23.9 Å². The van der Waals surface area contributed by atoms with Gasteiger partial charge in [0.05, 0.1) is 35.7 Å². The fraction of sp³-hybridized carbons (Fsp3) is 0.476. The van der Waals surface area contributed by atoms with E-state index in [2.05, 4.69) is 15.1 Å². The van der Waals surface area contributed by atoms with Gasteiger partial charge in [-0.1, -0.05) is 6.07 Å². The molecule has 1 saturated carbocycles. The summed E-state index contributed by atoms with van der Waals surface area (Å²) in [6.07, 6.45) is 3.28. The summed E-state index contributed by atoms with van der Waals surface area (Å²) in [5.41, 5.74) is 5.96. The van der Waals surface area contributed by atoms with E-state index in [1.54, 1.807) is 12.1 Å². The van der Waals surface area contributed by atoms with Crippen molar-refractivity contribution in [2.45, 2.75) is 43.6 Å². The van der Waals surface area contributed by atoms with Crippen LogP contribution >= 0.6 is 8.38 Å². The van der Waals surface area contributed by atoms with Crippen LogP contribution in [0.4, 0.5) is 19.1 Å². The summed E-state index contributed by atoms with van der Waals surface area (Å²) in [4.78, 5) is 25.0. The molecule has 1 aliphatic carbocycles. The predicted molar refractivity (Wildman–Crippen MR) is 119 cm³/mol. The van der Waals surface area contributed by atoms with E-state index in [0.29, 0.717) is 36.4 Å². The van der Waals surface area contributed by atoms with E-state index < -0.39 is 26.0 Å². The average Bonchev–Trinajstić information content (AvgIpc) is 3.59. The summed E-state index contributed by atoms with van der Waals surface area (Å²) in [5, 5.41) is 3.97. The van der Waals surface area contributed by atoms with Gasteiger partial charge in [-0.15, -0.1) is 5.10 Å². The third-order valence-electron chi connectivity index (χ3n) is 5.84. The molecule has 1 aliphatic heterocycles. The third-order valence-corrected chi connectivity index (χ3v) is 6.22. The largest absolute Gasteiger partial charge is 0.379 e. The topological polar surface area (TPSA) is 128 Å². The minimum Gasteiger partial charge on any atom is -0.379 e. The minimum atomic E-state index is -2.41. The number of anilines is 1. The maximum atomic E-state index is 13.9. The first kappa shape index (κ1) is 24.7. The summed E-state index contributed by atoms with van der Waals surface area (Å²) < 4.78 is 51.8. The van der Waals surface area contributed by atoms with Crippen LogP contribution in [-0.2, 0) is 14.9 Å². The molecule has 4 N–H and O–H groups in total. The van der Waals surface area contributed by atoms with Gasteiger partial charge in [0.15, 0.2) is 14.2 Å². The Bertz CT molecular complexity index is 1110. The van der Waals surface area contributed by atoms with E-state index in [9.17, 15) is 13.2 Å². The molecule has 1 saturated heterocycles. The fourth-order valence-electron chi connectivity index (χ4n) is 3.77. The quantitative estimate of drug-likeness (QED) is 0.441. The van der Waals surface area contributed by atoms with Gasteiger partial charge in [-0.25, -0.2) is 22.7 Å². The van der Waals surface area contributed by atoms with Crippen molar-refractivity contribution < 1.29 is 32.4 Å². The van der Waals surface area contributed by atoms with Crippen LogP contribution in [0.15, 0.2) is 30.6 Å². The summed E-state index contributed by atoms with van der Waals surface area (Å²) in [7, 11) is -1.90. The van der Waals surface area contributed by atoms with Crippen LogP contribution in [0, 0.1) is 5.82 Å². The number of hydrogen-bond acceptors (Lipinski definition) is 8. The van der Waals surface area contributed by atoms with Gasteiger partial charge < -0.3 is 25.0 Å². The molecule has 2 fully saturated rings. The molecule has 0 spiro atoms. The van der Waals surface area contributed by atoms with Gasteiger partial charge in [-0.05, 0) is 37.3 Å². The van der Waals surface area contributed by atoms with Crippen LogP contribution in [0.25, 0.3) is 16.9 Å². The van der Waals surface area contributed by atoms with Gasteiger partial charge in [0.25, 0.3) is 0 Å². The number of aromatic nitrogens is 4. The highest BCUT2D eigenvalue weighted by Crippen LogP contribution is 2.52. The van der Waals surface area contributed by atoms with Crippen molar-refractivity contribution in [2.24, 2.45) is 0 Å². The lowest BCUT2D eigenvalue weighted by atomic mass is 9.98. The highest BCUT2D eigenvalue weighted by Gasteiger charge is 2.52. The maximum Gasteiger partial charge on any atom is 0.248 e. The average molecular weight is 499 g/mol. The Kier molecular flexibility index (Phi) is 7.63. The Morgan fingerprint density at radius 1 is 1.26 bits per heavy atom. The highest BCUT2D eigenvalue weighted by molar-refractivity contribution is 7.44. The van der Waals surface area contributed by atoms with E-state index in [1.165, 1.54) is 23.0 Å². The van der Waals surface area contributed by atoms with E-state index >= 15 is 0 Å². The molecule has 9 nitrogen and oxygen atoms in total. The second-order valence-electron chi connectivity index (χ2n) is 8.19. The van der Waals surface area contributed by atoms with Gasteiger partial charge in [0, 0.05) is 18.9 Å². The zero-order valence-electron chi connectivity index (χ0n) is 18.1. The van der Waals surface area contributed by atoms with Crippen LogP contribution in [0.5, 0.6) is 0 Å². The molecule has 0 amide bonds. The number of nitrogens with two attached hydrogens (primary N) is 1. The molecular weight excluding hydrogens is 474 g/mol. The molecule has 0 bridgehead atoms. The van der Waals surface area contributed by atoms with Gasteiger partial charge in [-0.3, -0.25) is 4.98 Å². The molecule has 4 heterocycles. The second kappa shape index (κ2) is 10.5. The predicted octanol–water partition coefficient (Wildman–Crippen LogP) is 3.25. The Labute approximate surface area is 194 Å². The number of nitrogen functional groups attached to an aromatic ring is 1. The normalized spacial score (nSPS) is 19.3. The van der Waals surface area contributed by atoms with Crippen LogP contribution in [0.3, 0.4) is 0 Å². The minimum absolute atomic E-state index is 0.000559. The van der Waals surface area contributed by atoms with Gasteiger partial charge in [-0.2, -0.15) is 0 Å². The fourth-order valence-corrected chi connectivity index (χ4v) is 4.11. The van der Waals surface area contributed by atoms with Crippen LogP contribution < -0.4 is 5.73 Å². The molecule has 13 heteroatoms. The van der Waals surface area contributed by atoms with Crippen molar-refractivity contribution in [3.05, 3.63) is 42.0 Å². The Morgan fingerprint density at radius 3 is 2.65 bits per heavy atom. The molecule has 1 unspecified atom stereocenters. The standard InChI is InChI=1S/C15H12F3N5.C6H13O4P/c16-9-5-11(23-12(9)7-21-14(19)22-23)10-2-1-8(6-20-10)15(3-4-15)13(17)18;7-11(8)5-10-6-2-1-3-9-4-6/h1-2,5-7,13H,3-4H2,(H2,19,22);6-8H,1-5H2. The first-order valence-corrected chi connectivity index (χ1v) is 12.1. The zero-order valence-corrected chi connectivity index (χ0v) is 19.0. The van der Waals surface area contributed by atoms with Gasteiger partial charge in [0.2, 0.25) is 12.4 Å². The third kappa shape index (κ3) is 5.47. The first-order chi connectivity index (χ1) is 16.3. The Morgan fingerprint density at radius 2 is 2.06 bits per heavy atom. The lowest BCUT2D eigenvalue weighted by Gasteiger charge is -2.22. The van der Waals surface area contributed by atoms with Gasteiger partial charge >= 0.3 is 0 Å². The number of nitrogens with zero attached hydrogens (tertiary/aromatic N) is 4. The van der Waals surface area contributed by atoms with Crippen molar-refractivity contribution in [2.75, 3.05) is 25.3 Å². The van der Waals surface area contributed by atoms with Crippen LogP contribution in [0.1, 0.15) is 31.2 Å². The summed E-state index contributed by atoms with van der Waals surface area (Å²) in [6.45, 7) is 1.38. The lowest BCUT2D eigenvalue weighted by Crippen LogP contribution is -2.25.